The Morgan fingerprint density at radius 2 is 1.64 bits per heavy atom. The monoisotopic (exact) mass is 978 g/mol. The Hall–Kier alpha value is -6.02. The molecule has 4 atom stereocenters. The third kappa shape index (κ3) is 11.1. The maximum Gasteiger partial charge on any atom is 0.490 e. The van der Waals surface area contributed by atoms with E-state index in [-0.39, 0.29) is 59.7 Å². The van der Waals surface area contributed by atoms with Crippen LogP contribution < -0.4 is 30.5 Å². The fourth-order valence-corrected chi connectivity index (χ4v) is 9.11. The lowest BCUT2D eigenvalue weighted by molar-refractivity contribution is -0.217. The van der Waals surface area contributed by atoms with E-state index in [2.05, 4.69) is 16.0 Å². The number of esters is 1. The molecule has 3 aliphatic heterocycles. The zero-order valence-corrected chi connectivity index (χ0v) is 38.2. The SMILES string of the molecule is CCc1cc(N2C(=S)N(c3ccc(C#N)c(C(F)(F)F)c3)C(=O)C2(C)C)ccc1OCCN1C[C@@H](C)N(C(OC(=O)C(F)(F)F)C(=O)Nc2cc(Cl)cc(NC3CCC(=O)NC3=O)c2)[C@H](C)C1. The second-order valence-electron chi connectivity index (χ2n) is 16.7. The minimum atomic E-state index is -5.42. The Labute approximate surface area is 391 Å². The van der Waals surface area contributed by atoms with Gasteiger partial charge in [0.25, 0.3) is 11.8 Å². The quantitative estimate of drug-likeness (QED) is 0.0709. The number of nitrogens with one attached hydrogen (secondary N) is 3. The molecule has 3 aliphatic rings. The van der Waals surface area contributed by atoms with E-state index in [9.17, 15) is 55.6 Å². The van der Waals surface area contributed by atoms with E-state index in [1.807, 2.05) is 11.8 Å². The van der Waals surface area contributed by atoms with Gasteiger partial charge in [-0.2, -0.15) is 31.6 Å². The molecule has 0 aliphatic carbocycles. The van der Waals surface area contributed by atoms with Crippen LogP contribution in [0.2, 0.25) is 5.02 Å². The maximum absolute atomic E-state index is 13.8. The van der Waals surface area contributed by atoms with Crippen LogP contribution in [0.3, 0.4) is 0 Å². The highest BCUT2D eigenvalue weighted by Gasteiger charge is 2.51. The van der Waals surface area contributed by atoms with Crippen molar-refractivity contribution in [2.75, 3.05) is 46.7 Å². The number of anilines is 4. The van der Waals surface area contributed by atoms with Crippen molar-refractivity contribution in [3.05, 3.63) is 76.3 Å². The minimum Gasteiger partial charge on any atom is -0.492 e. The molecular formula is C44H45ClF6N8O7S. The lowest BCUT2D eigenvalue weighted by Gasteiger charge is -2.46. The van der Waals surface area contributed by atoms with Gasteiger partial charge in [-0.3, -0.25) is 39.2 Å². The smallest absolute Gasteiger partial charge is 0.490 e. The van der Waals surface area contributed by atoms with Crippen molar-refractivity contribution < 1.29 is 59.8 Å². The summed E-state index contributed by atoms with van der Waals surface area (Å²) in [5.41, 5.74) is -1.81. The van der Waals surface area contributed by atoms with Crippen molar-refractivity contribution >= 4 is 81.3 Å². The highest BCUT2D eigenvalue weighted by Crippen LogP contribution is 2.41. The van der Waals surface area contributed by atoms with Gasteiger partial charge in [0.05, 0.1) is 22.9 Å². The molecule has 3 aromatic rings. The van der Waals surface area contributed by atoms with E-state index in [4.69, 9.17) is 33.3 Å². The summed E-state index contributed by atoms with van der Waals surface area (Å²) in [4.78, 5) is 69.5. The summed E-state index contributed by atoms with van der Waals surface area (Å²) in [6, 6.07) is 11.6. The van der Waals surface area contributed by atoms with E-state index in [1.54, 1.807) is 45.9 Å². The normalized spacial score (nSPS) is 20.9. The van der Waals surface area contributed by atoms with Gasteiger partial charge in [-0.25, -0.2) is 4.79 Å². The van der Waals surface area contributed by atoms with Gasteiger partial charge in [0.15, 0.2) is 5.11 Å². The van der Waals surface area contributed by atoms with Crippen molar-refractivity contribution in [3.63, 3.8) is 0 Å². The number of ether oxygens (including phenoxy) is 2. The molecule has 3 saturated heterocycles. The third-order valence-electron chi connectivity index (χ3n) is 11.5. The van der Waals surface area contributed by atoms with Gasteiger partial charge in [-0.15, -0.1) is 0 Å². The van der Waals surface area contributed by atoms with Gasteiger partial charge >= 0.3 is 18.3 Å². The number of hydrogen-bond acceptors (Lipinski definition) is 12. The largest absolute Gasteiger partial charge is 0.492 e. The molecule has 4 amide bonds. The van der Waals surface area contributed by atoms with E-state index in [0.717, 1.165) is 17.0 Å². The van der Waals surface area contributed by atoms with Crippen LogP contribution in [0.25, 0.3) is 0 Å². The first-order valence-corrected chi connectivity index (χ1v) is 21.7. The zero-order chi connectivity index (χ0) is 49.3. The Bertz CT molecular complexity index is 2510. The number of aryl methyl sites for hydroxylation is 1. The molecule has 0 aromatic heterocycles. The number of piperazine rings is 1. The fraction of sp³-hybridized carbons (Fsp3) is 0.432. The van der Waals surface area contributed by atoms with Gasteiger partial charge < -0.3 is 25.0 Å². The molecule has 3 N–H and O–H groups in total. The fourth-order valence-electron chi connectivity index (χ4n) is 8.36. The highest BCUT2D eigenvalue weighted by molar-refractivity contribution is 7.81. The number of benzene rings is 3. The van der Waals surface area contributed by atoms with Gasteiger partial charge in [0, 0.05) is 60.2 Å². The van der Waals surface area contributed by atoms with Crippen LogP contribution in [0.5, 0.6) is 5.75 Å². The van der Waals surface area contributed by atoms with Gasteiger partial charge in [-0.05, 0) is 113 Å². The number of imide groups is 1. The molecule has 0 radical (unpaired) electrons. The van der Waals surface area contributed by atoms with Gasteiger partial charge in [-0.1, -0.05) is 18.5 Å². The predicted octanol–water partition coefficient (Wildman–Crippen LogP) is 6.77. The molecule has 3 heterocycles. The lowest BCUT2D eigenvalue weighted by Crippen LogP contribution is -2.63. The molecule has 6 rings (SSSR count). The van der Waals surface area contributed by atoms with Crippen LogP contribution in [0.4, 0.5) is 49.1 Å². The standard InChI is InChI=1S/C44H45ClF6N8O7S/c1-6-25-15-31(59-41(67)58(39(63)42(59,4)5)30-8-7-26(20-52)32(19-30)43(46,47)48)9-11-34(25)65-14-13-56-21-23(2)57(24(3)22-56)38(66-40(64)44(49,50)51)37(62)54-29-17-27(45)16-28(18-29)53-33-10-12-35(60)55-36(33)61/h7-9,11,15-19,23-24,33,38,53H,6,10,12-14,21-22H2,1-5H3,(H,54,62)(H,55,60,61)/t23-,24-,33?,38?/m1/s1. The summed E-state index contributed by atoms with van der Waals surface area (Å²) in [5, 5.41) is 16.9. The first-order valence-electron chi connectivity index (χ1n) is 20.9. The summed E-state index contributed by atoms with van der Waals surface area (Å²) in [6.45, 7) is 9.27. The summed E-state index contributed by atoms with van der Waals surface area (Å²) in [6.07, 6.45) is -11.6. The number of rotatable bonds is 13. The molecule has 15 nitrogen and oxygen atoms in total. The number of thiocarbonyl (C=S) groups is 1. The molecule has 0 spiro atoms. The summed E-state index contributed by atoms with van der Waals surface area (Å²) in [7, 11) is 0. The number of halogens is 7. The molecule has 358 valence electrons. The number of nitriles is 1. The zero-order valence-electron chi connectivity index (χ0n) is 36.6. The second kappa shape index (κ2) is 19.7. The topological polar surface area (TPSA) is 177 Å². The number of amides is 4. The van der Waals surface area contributed by atoms with Crippen LogP contribution in [0.1, 0.15) is 64.2 Å². The number of piperidine rings is 1. The molecule has 0 saturated carbocycles. The van der Waals surface area contributed by atoms with Crippen molar-refractivity contribution in [1.29, 1.82) is 5.26 Å². The average Bonchev–Trinajstić information content (AvgIpc) is 3.41. The van der Waals surface area contributed by atoms with Gasteiger partial charge in [0.2, 0.25) is 18.0 Å². The predicted molar refractivity (Wildman–Crippen MR) is 237 cm³/mol. The highest BCUT2D eigenvalue weighted by atomic mass is 35.5. The average molecular weight is 979 g/mol. The number of carbonyl (C=O) groups is 5. The molecule has 23 heteroatoms. The maximum atomic E-state index is 13.8. The molecule has 67 heavy (non-hydrogen) atoms. The molecular weight excluding hydrogens is 934 g/mol. The van der Waals surface area contributed by atoms with Crippen LogP contribution in [0, 0.1) is 11.3 Å². The van der Waals surface area contributed by atoms with Crippen LogP contribution in [-0.2, 0) is 41.3 Å². The molecule has 3 aromatic carbocycles. The Morgan fingerprint density at radius 3 is 2.25 bits per heavy atom. The van der Waals surface area contributed by atoms with Crippen molar-refractivity contribution in [2.45, 2.75) is 96.1 Å². The minimum absolute atomic E-state index is 0.0179. The number of hydrogen-bond donors (Lipinski definition) is 3. The van der Waals surface area contributed by atoms with Gasteiger partial charge in [0.1, 0.15) is 23.9 Å². The number of alkyl halides is 6. The Morgan fingerprint density at radius 1 is 0.985 bits per heavy atom. The molecule has 0 bridgehead atoms. The third-order valence-corrected chi connectivity index (χ3v) is 12.0. The summed E-state index contributed by atoms with van der Waals surface area (Å²) >= 11 is 12.0. The van der Waals surface area contributed by atoms with Crippen molar-refractivity contribution in [2.24, 2.45) is 0 Å². The Kier molecular flexibility index (Phi) is 14.8. The van der Waals surface area contributed by atoms with Crippen LogP contribution in [-0.4, -0.2) is 107 Å². The van der Waals surface area contributed by atoms with Crippen molar-refractivity contribution in [1.82, 2.24) is 15.1 Å². The van der Waals surface area contributed by atoms with E-state index >= 15 is 0 Å². The van der Waals surface area contributed by atoms with E-state index < -0.39 is 83.0 Å². The molecule has 3 fully saturated rings. The molecule has 2 unspecified atom stereocenters. The second-order valence-corrected chi connectivity index (χ2v) is 17.5. The van der Waals surface area contributed by atoms with Crippen LogP contribution in [0.15, 0.2) is 54.6 Å². The van der Waals surface area contributed by atoms with Crippen molar-refractivity contribution in [3.8, 4) is 11.8 Å². The first kappa shape index (κ1) is 50.4. The van der Waals surface area contributed by atoms with E-state index in [0.29, 0.717) is 30.0 Å². The lowest BCUT2D eigenvalue weighted by atomic mass is 10.0. The van der Waals surface area contributed by atoms with Crippen LogP contribution >= 0.6 is 23.8 Å². The number of carbonyl (C=O) groups excluding carboxylic acids is 5. The number of nitrogens with zero attached hydrogens (tertiary/aromatic N) is 5. The Balaban J connectivity index is 1.12. The van der Waals surface area contributed by atoms with E-state index in [1.165, 1.54) is 40.1 Å². The first-order chi connectivity index (χ1) is 31.3. The summed E-state index contributed by atoms with van der Waals surface area (Å²) < 4.78 is 93.2. The summed E-state index contributed by atoms with van der Waals surface area (Å²) in [5.74, 6) is -4.77.